The lowest BCUT2D eigenvalue weighted by atomic mass is 10.0. The number of hydrogen-bond donors (Lipinski definition) is 1. The molecular weight excluding hydrogens is 186 g/mol. The van der Waals surface area contributed by atoms with Crippen molar-refractivity contribution in [3.63, 3.8) is 0 Å². The Morgan fingerprint density at radius 3 is 2.73 bits per heavy atom. The van der Waals surface area contributed by atoms with Crippen molar-refractivity contribution in [2.45, 2.75) is 33.2 Å². The van der Waals surface area contributed by atoms with E-state index < -0.39 is 0 Å². The molecule has 0 saturated heterocycles. The fourth-order valence-corrected chi connectivity index (χ4v) is 2.22. The first-order valence-electron chi connectivity index (χ1n) is 5.64. The largest absolute Gasteiger partial charge is 0.309 e. The molecule has 0 aliphatic heterocycles. The van der Waals surface area contributed by atoms with Crippen LogP contribution in [0.3, 0.4) is 0 Å². The maximum atomic E-state index is 4.40. The molecule has 1 heterocycles. The van der Waals surface area contributed by atoms with Gasteiger partial charge in [-0.05, 0) is 24.3 Å². The maximum Gasteiger partial charge on any atom is 0.0759 e. The van der Waals surface area contributed by atoms with Gasteiger partial charge in [-0.25, -0.2) is 0 Å². The van der Waals surface area contributed by atoms with Gasteiger partial charge in [0.2, 0.25) is 0 Å². The molecular formula is C12H19N3. The Labute approximate surface area is 91.3 Å². The first-order valence-corrected chi connectivity index (χ1v) is 5.64. The van der Waals surface area contributed by atoms with Crippen molar-refractivity contribution < 1.29 is 0 Å². The quantitative estimate of drug-likeness (QED) is 0.818. The lowest BCUT2D eigenvalue weighted by Crippen LogP contribution is -2.25. The SMILES string of the molecule is CCNC(c1cnccn1)C1CC1(C)C. The molecule has 15 heavy (non-hydrogen) atoms. The predicted molar refractivity (Wildman–Crippen MR) is 60.3 cm³/mol. The summed E-state index contributed by atoms with van der Waals surface area (Å²) in [6.07, 6.45) is 6.66. The van der Waals surface area contributed by atoms with Gasteiger partial charge in [0.25, 0.3) is 0 Å². The minimum atomic E-state index is 0.374. The third-order valence-corrected chi connectivity index (χ3v) is 3.32. The molecule has 0 aromatic carbocycles. The number of rotatable bonds is 4. The Morgan fingerprint density at radius 2 is 2.27 bits per heavy atom. The molecule has 1 fully saturated rings. The molecule has 0 bridgehead atoms. The van der Waals surface area contributed by atoms with Crippen LogP contribution in [0.15, 0.2) is 18.6 Å². The highest BCUT2D eigenvalue weighted by Gasteiger charge is 2.50. The van der Waals surface area contributed by atoms with Crippen LogP contribution in [-0.2, 0) is 0 Å². The van der Waals surface area contributed by atoms with E-state index in [1.54, 1.807) is 12.4 Å². The first kappa shape index (κ1) is 10.6. The van der Waals surface area contributed by atoms with Gasteiger partial charge < -0.3 is 5.32 Å². The zero-order valence-corrected chi connectivity index (χ0v) is 9.70. The molecule has 3 heteroatoms. The summed E-state index contributed by atoms with van der Waals surface area (Å²) in [6.45, 7) is 7.75. The highest BCUT2D eigenvalue weighted by molar-refractivity contribution is 5.12. The fraction of sp³-hybridized carbons (Fsp3) is 0.667. The molecule has 2 unspecified atom stereocenters. The second-order valence-electron chi connectivity index (χ2n) is 4.96. The monoisotopic (exact) mass is 205 g/mol. The number of aromatic nitrogens is 2. The summed E-state index contributed by atoms with van der Waals surface area (Å²) in [5.74, 6) is 0.703. The molecule has 2 atom stereocenters. The first-order chi connectivity index (χ1) is 7.15. The van der Waals surface area contributed by atoms with Crippen molar-refractivity contribution in [2.75, 3.05) is 6.54 Å². The van der Waals surface area contributed by atoms with E-state index in [1.165, 1.54) is 6.42 Å². The second kappa shape index (κ2) is 3.89. The van der Waals surface area contributed by atoms with E-state index in [-0.39, 0.29) is 0 Å². The van der Waals surface area contributed by atoms with E-state index in [9.17, 15) is 0 Å². The molecule has 1 N–H and O–H groups in total. The van der Waals surface area contributed by atoms with Gasteiger partial charge >= 0.3 is 0 Å². The molecule has 1 aromatic rings. The maximum absolute atomic E-state index is 4.40. The molecule has 0 spiro atoms. The lowest BCUT2D eigenvalue weighted by molar-refractivity contribution is 0.415. The summed E-state index contributed by atoms with van der Waals surface area (Å²) in [6, 6.07) is 0.374. The van der Waals surface area contributed by atoms with Crippen LogP contribution in [-0.4, -0.2) is 16.5 Å². The topological polar surface area (TPSA) is 37.8 Å². The van der Waals surface area contributed by atoms with Crippen molar-refractivity contribution >= 4 is 0 Å². The molecule has 1 aliphatic carbocycles. The van der Waals surface area contributed by atoms with E-state index in [0.29, 0.717) is 17.4 Å². The van der Waals surface area contributed by atoms with Crippen LogP contribution in [0, 0.1) is 11.3 Å². The van der Waals surface area contributed by atoms with Crippen LogP contribution in [0.4, 0.5) is 0 Å². The Hall–Kier alpha value is -0.960. The summed E-state index contributed by atoms with van der Waals surface area (Å²) in [5, 5.41) is 3.51. The third kappa shape index (κ3) is 2.17. The van der Waals surface area contributed by atoms with Gasteiger partial charge in [-0.3, -0.25) is 9.97 Å². The van der Waals surface area contributed by atoms with Gasteiger partial charge in [0.15, 0.2) is 0 Å². The van der Waals surface area contributed by atoms with Gasteiger partial charge in [0, 0.05) is 18.6 Å². The van der Waals surface area contributed by atoms with E-state index >= 15 is 0 Å². The zero-order valence-electron chi connectivity index (χ0n) is 9.70. The van der Waals surface area contributed by atoms with Crippen LogP contribution in [0.5, 0.6) is 0 Å². The van der Waals surface area contributed by atoms with Crippen LogP contribution in [0.2, 0.25) is 0 Å². The van der Waals surface area contributed by atoms with Gasteiger partial charge in [-0.2, -0.15) is 0 Å². The van der Waals surface area contributed by atoms with Crippen LogP contribution >= 0.6 is 0 Å². The Kier molecular flexibility index (Phi) is 2.74. The van der Waals surface area contributed by atoms with E-state index in [2.05, 4.69) is 36.1 Å². The molecule has 82 valence electrons. The summed E-state index contributed by atoms with van der Waals surface area (Å²) < 4.78 is 0. The highest BCUT2D eigenvalue weighted by atomic mass is 15.0. The molecule has 2 rings (SSSR count). The summed E-state index contributed by atoms with van der Waals surface area (Å²) in [4.78, 5) is 8.54. The predicted octanol–water partition coefficient (Wildman–Crippen LogP) is 2.17. The van der Waals surface area contributed by atoms with Crippen molar-refractivity contribution in [1.82, 2.24) is 15.3 Å². The van der Waals surface area contributed by atoms with Crippen LogP contribution in [0.25, 0.3) is 0 Å². The zero-order chi connectivity index (χ0) is 10.9. The summed E-state index contributed by atoms with van der Waals surface area (Å²) in [5.41, 5.74) is 1.54. The Balaban J connectivity index is 2.15. The molecule has 1 aromatic heterocycles. The lowest BCUT2D eigenvalue weighted by Gasteiger charge is -2.18. The average molecular weight is 205 g/mol. The standard InChI is InChI=1S/C12H19N3/c1-4-14-11(9-7-12(9,2)3)10-8-13-5-6-15-10/h5-6,8-9,11,14H,4,7H2,1-3H3. The van der Waals surface area contributed by atoms with Crippen molar-refractivity contribution in [2.24, 2.45) is 11.3 Å². The van der Waals surface area contributed by atoms with Gasteiger partial charge in [0.05, 0.1) is 11.7 Å². The summed E-state index contributed by atoms with van der Waals surface area (Å²) in [7, 11) is 0. The van der Waals surface area contributed by atoms with Crippen molar-refractivity contribution in [1.29, 1.82) is 0 Å². The van der Waals surface area contributed by atoms with Crippen LogP contribution in [0.1, 0.15) is 38.9 Å². The highest BCUT2D eigenvalue weighted by Crippen LogP contribution is 2.57. The minimum Gasteiger partial charge on any atom is -0.309 e. The molecule has 0 radical (unpaired) electrons. The van der Waals surface area contributed by atoms with E-state index in [0.717, 1.165) is 12.2 Å². The second-order valence-corrected chi connectivity index (χ2v) is 4.96. The normalized spacial score (nSPS) is 24.9. The Morgan fingerprint density at radius 1 is 1.53 bits per heavy atom. The van der Waals surface area contributed by atoms with E-state index in [4.69, 9.17) is 0 Å². The van der Waals surface area contributed by atoms with E-state index in [1.807, 2.05) is 6.20 Å². The Bertz CT molecular complexity index is 321. The van der Waals surface area contributed by atoms with Gasteiger partial charge in [-0.15, -0.1) is 0 Å². The number of nitrogens with one attached hydrogen (secondary N) is 1. The average Bonchev–Trinajstić information content (AvgIpc) is 2.85. The number of hydrogen-bond acceptors (Lipinski definition) is 3. The molecule has 1 aliphatic rings. The minimum absolute atomic E-state index is 0.374. The smallest absolute Gasteiger partial charge is 0.0759 e. The molecule has 3 nitrogen and oxygen atoms in total. The van der Waals surface area contributed by atoms with Crippen molar-refractivity contribution in [3.8, 4) is 0 Å². The number of nitrogens with zero attached hydrogens (tertiary/aromatic N) is 2. The van der Waals surface area contributed by atoms with Gasteiger partial charge in [0.1, 0.15) is 0 Å². The van der Waals surface area contributed by atoms with Crippen molar-refractivity contribution in [3.05, 3.63) is 24.3 Å². The third-order valence-electron chi connectivity index (χ3n) is 3.32. The van der Waals surface area contributed by atoms with Gasteiger partial charge in [-0.1, -0.05) is 20.8 Å². The fourth-order valence-electron chi connectivity index (χ4n) is 2.22. The van der Waals surface area contributed by atoms with Crippen LogP contribution < -0.4 is 5.32 Å². The molecule has 1 saturated carbocycles. The summed E-state index contributed by atoms with van der Waals surface area (Å²) >= 11 is 0. The molecule has 0 amide bonds.